The van der Waals surface area contributed by atoms with Crippen LogP contribution in [0.3, 0.4) is 0 Å². The zero-order valence-corrected chi connectivity index (χ0v) is 13.6. The van der Waals surface area contributed by atoms with Crippen molar-refractivity contribution in [2.75, 3.05) is 6.54 Å². The van der Waals surface area contributed by atoms with Gasteiger partial charge in [0.05, 0.1) is 6.10 Å². The lowest BCUT2D eigenvalue weighted by Gasteiger charge is -2.43. The van der Waals surface area contributed by atoms with Crippen molar-refractivity contribution in [2.45, 2.75) is 64.4 Å². The third kappa shape index (κ3) is 3.87. The fourth-order valence-electron chi connectivity index (χ4n) is 3.84. The van der Waals surface area contributed by atoms with Crippen molar-refractivity contribution in [3.05, 3.63) is 35.9 Å². The van der Waals surface area contributed by atoms with E-state index in [1.165, 1.54) is 24.8 Å². The molecule has 2 rings (SSSR count). The number of aliphatic hydroxyl groups is 1. The van der Waals surface area contributed by atoms with Crippen LogP contribution in [0.15, 0.2) is 30.3 Å². The lowest BCUT2D eigenvalue weighted by molar-refractivity contribution is -0.0164. The number of hydrogen-bond donors (Lipinski definition) is 2. The van der Waals surface area contributed by atoms with E-state index in [0.29, 0.717) is 12.5 Å². The number of nitrogens with two attached hydrogens (primary N) is 1. The van der Waals surface area contributed by atoms with Gasteiger partial charge in [0.15, 0.2) is 0 Å². The Morgan fingerprint density at radius 1 is 1.24 bits per heavy atom. The molecule has 1 fully saturated rings. The van der Waals surface area contributed by atoms with Gasteiger partial charge >= 0.3 is 0 Å². The van der Waals surface area contributed by atoms with Crippen molar-refractivity contribution in [1.29, 1.82) is 0 Å². The van der Waals surface area contributed by atoms with Gasteiger partial charge in [-0.05, 0) is 49.5 Å². The van der Waals surface area contributed by atoms with Crippen LogP contribution in [0.2, 0.25) is 0 Å². The highest BCUT2D eigenvalue weighted by Crippen LogP contribution is 2.44. The van der Waals surface area contributed by atoms with E-state index in [1.807, 2.05) is 6.07 Å². The van der Waals surface area contributed by atoms with Crippen LogP contribution in [-0.4, -0.2) is 17.8 Å². The Hall–Kier alpha value is -0.860. The quantitative estimate of drug-likeness (QED) is 0.828. The van der Waals surface area contributed by atoms with Crippen molar-refractivity contribution in [2.24, 2.45) is 17.1 Å². The Morgan fingerprint density at radius 2 is 1.86 bits per heavy atom. The Balaban J connectivity index is 1.99. The van der Waals surface area contributed by atoms with Crippen molar-refractivity contribution >= 4 is 0 Å². The molecule has 1 aliphatic rings. The van der Waals surface area contributed by atoms with Gasteiger partial charge in [-0.15, -0.1) is 0 Å². The molecule has 118 valence electrons. The topological polar surface area (TPSA) is 46.2 Å². The van der Waals surface area contributed by atoms with E-state index in [-0.39, 0.29) is 11.5 Å². The second-order valence-corrected chi connectivity index (χ2v) is 6.98. The first kappa shape index (κ1) is 16.5. The minimum Gasteiger partial charge on any atom is -0.392 e. The first-order valence-corrected chi connectivity index (χ1v) is 8.54. The molecule has 1 aliphatic carbocycles. The molecule has 1 aromatic rings. The molecule has 0 heterocycles. The molecule has 0 aliphatic heterocycles. The predicted molar refractivity (Wildman–Crippen MR) is 89.2 cm³/mol. The summed E-state index contributed by atoms with van der Waals surface area (Å²) in [5.74, 6) is 1.22. The van der Waals surface area contributed by atoms with Gasteiger partial charge in [0, 0.05) is 12.0 Å². The number of aliphatic hydroxyl groups excluding tert-OH is 1. The number of rotatable bonds is 6. The smallest absolute Gasteiger partial charge is 0.0614 e. The number of hydrogen-bond acceptors (Lipinski definition) is 2. The van der Waals surface area contributed by atoms with Crippen LogP contribution < -0.4 is 5.73 Å². The molecule has 2 nitrogen and oxygen atoms in total. The zero-order valence-electron chi connectivity index (χ0n) is 13.6. The number of benzene rings is 1. The van der Waals surface area contributed by atoms with Crippen LogP contribution in [0.25, 0.3) is 0 Å². The zero-order chi connectivity index (χ0) is 15.3. The minimum atomic E-state index is -0.282. The molecule has 0 bridgehead atoms. The molecule has 2 heteroatoms. The molecular formula is C19H31NO. The van der Waals surface area contributed by atoms with Crippen molar-refractivity contribution in [1.82, 2.24) is 0 Å². The first-order chi connectivity index (χ1) is 10.1. The molecule has 21 heavy (non-hydrogen) atoms. The van der Waals surface area contributed by atoms with Crippen molar-refractivity contribution in [3.8, 4) is 0 Å². The van der Waals surface area contributed by atoms with Gasteiger partial charge in [-0.25, -0.2) is 0 Å². The Bertz CT molecular complexity index is 409. The normalized spacial score (nSPS) is 29.0. The SMILES string of the molecule is CCC1CCC(CN)(C(O)CC(C)c2ccccc2)CC1. The summed E-state index contributed by atoms with van der Waals surface area (Å²) in [6.45, 7) is 5.10. The van der Waals surface area contributed by atoms with Crippen LogP contribution in [0, 0.1) is 11.3 Å². The fourth-order valence-corrected chi connectivity index (χ4v) is 3.84. The first-order valence-electron chi connectivity index (χ1n) is 8.54. The Morgan fingerprint density at radius 3 is 2.38 bits per heavy atom. The second-order valence-electron chi connectivity index (χ2n) is 6.98. The summed E-state index contributed by atoms with van der Waals surface area (Å²) in [6.07, 6.45) is 6.43. The van der Waals surface area contributed by atoms with Crippen LogP contribution in [0.5, 0.6) is 0 Å². The summed E-state index contributed by atoms with van der Waals surface area (Å²) < 4.78 is 0. The van der Waals surface area contributed by atoms with Gasteiger partial charge in [0.25, 0.3) is 0 Å². The molecule has 1 aromatic carbocycles. The lowest BCUT2D eigenvalue weighted by atomic mass is 9.65. The standard InChI is InChI=1S/C19H31NO/c1-3-16-9-11-19(14-20,12-10-16)18(21)13-15(2)17-7-5-4-6-8-17/h4-8,15-16,18,21H,3,9-14,20H2,1-2H3. The summed E-state index contributed by atoms with van der Waals surface area (Å²) in [5.41, 5.74) is 7.34. The summed E-state index contributed by atoms with van der Waals surface area (Å²) in [4.78, 5) is 0. The molecule has 2 unspecified atom stereocenters. The minimum absolute atomic E-state index is 0.0469. The Kier molecular flexibility index (Phi) is 5.83. The Labute approximate surface area is 129 Å². The third-order valence-corrected chi connectivity index (χ3v) is 5.74. The van der Waals surface area contributed by atoms with E-state index in [4.69, 9.17) is 5.73 Å². The fraction of sp³-hybridized carbons (Fsp3) is 0.684. The second kappa shape index (κ2) is 7.42. The van der Waals surface area contributed by atoms with E-state index in [1.54, 1.807) is 0 Å². The molecule has 0 radical (unpaired) electrons. The third-order valence-electron chi connectivity index (χ3n) is 5.74. The maximum atomic E-state index is 10.8. The molecule has 0 spiro atoms. The average Bonchev–Trinajstić information content (AvgIpc) is 2.55. The van der Waals surface area contributed by atoms with E-state index < -0.39 is 0 Å². The molecule has 0 amide bonds. The molecular weight excluding hydrogens is 258 g/mol. The maximum absolute atomic E-state index is 10.8. The van der Waals surface area contributed by atoms with Gasteiger partial charge in [-0.2, -0.15) is 0 Å². The van der Waals surface area contributed by atoms with Crippen LogP contribution in [0.4, 0.5) is 0 Å². The molecule has 2 atom stereocenters. The molecule has 0 saturated heterocycles. The van der Waals surface area contributed by atoms with Crippen LogP contribution in [0.1, 0.15) is 63.9 Å². The largest absolute Gasteiger partial charge is 0.392 e. The highest BCUT2D eigenvalue weighted by Gasteiger charge is 2.40. The van der Waals surface area contributed by atoms with E-state index in [2.05, 4.69) is 38.1 Å². The van der Waals surface area contributed by atoms with E-state index in [9.17, 15) is 5.11 Å². The summed E-state index contributed by atoms with van der Waals surface area (Å²) >= 11 is 0. The summed E-state index contributed by atoms with van der Waals surface area (Å²) in [7, 11) is 0. The van der Waals surface area contributed by atoms with Gasteiger partial charge in [-0.3, -0.25) is 0 Å². The van der Waals surface area contributed by atoms with E-state index >= 15 is 0 Å². The highest BCUT2D eigenvalue weighted by atomic mass is 16.3. The van der Waals surface area contributed by atoms with Crippen molar-refractivity contribution < 1.29 is 5.11 Å². The van der Waals surface area contributed by atoms with Crippen LogP contribution in [-0.2, 0) is 0 Å². The van der Waals surface area contributed by atoms with Gasteiger partial charge < -0.3 is 10.8 Å². The monoisotopic (exact) mass is 289 g/mol. The van der Waals surface area contributed by atoms with Gasteiger partial charge in [0.1, 0.15) is 0 Å². The summed E-state index contributed by atoms with van der Waals surface area (Å²) in [6, 6.07) is 10.5. The highest BCUT2D eigenvalue weighted by molar-refractivity contribution is 5.19. The van der Waals surface area contributed by atoms with Gasteiger partial charge in [-0.1, -0.05) is 50.6 Å². The predicted octanol–water partition coefficient (Wildman–Crippen LogP) is 4.09. The van der Waals surface area contributed by atoms with Crippen LogP contribution >= 0.6 is 0 Å². The molecule has 3 N–H and O–H groups in total. The van der Waals surface area contributed by atoms with E-state index in [0.717, 1.165) is 25.2 Å². The molecule has 1 saturated carbocycles. The van der Waals surface area contributed by atoms with Crippen molar-refractivity contribution in [3.63, 3.8) is 0 Å². The lowest BCUT2D eigenvalue weighted by Crippen LogP contribution is -2.45. The van der Waals surface area contributed by atoms with Gasteiger partial charge in [0.2, 0.25) is 0 Å². The molecule has 0 aromatic heterocycles. The summed E-state index contributed by atoms with van der Waals surface area (Å²) in [5, 5.41) is 10.8. The maximum Gasteiger partial charge on any atom is 0.0614 e. The average molecular weight is 289 g/mol.